The quantitative estimate of drug-likeness (QED) is 0.847. The molecule has 1 heterocycles. The van der Waals surface area contributed by atoms with Gasteiger partial charge in [0.25, 0.3) is 0 Å². The van der Waals surface area contributed by atoms with Crippen molar-refractivity contribution in [3.05, 3.63) is 36.0 Å². The van der Waals surface area contributed by atoms with Gasteiger partial charge in [0.15, 0.2) is 0 Å². The largest absolute Gasteiger partial charge is 0.358 e. The van der Waals surface area contributed by atoms with Crippen LogP contribution >= 0.6 is 0 Å². The average molecular weight is 273 g/mol. The van der Waals surface area contributed by atoms with Gasteiger partial charge in [-0.15, -0.1) is 0 Å². The number of nitrogens with one attached hydrogen (secondary N) is 2. The van der Waals surface area contributed by atoms with E-state index >= 15 is 0 Å². The van der Waals surface area contributed by atoms with Crippen molar-refractivity contribution in [2.24, 2.45) is 5.92 Å². The maximum Gasteiger partial charge on any atom is 0.239 e. The van der Waals surface area contributed by atoms with Crippen LogP contribution in [-0.2, 0) is 17.9 Å². The van der Waals surface area contributed by atoms with E-state index in [1.807, 2.05) is 10.8 Å². The molecule has 4 nitrogen and oxygen atoms in total. The van der Waals surface area contributed by atoms with E-state index < -0.39 is 0 Å². The molecule has 0 bridgehead atoms. The molecule has 0 radical (unpaired) electrons. The Morgan fingerprint density at radius 1 is 1.30 bits per heavy atom. The molecule has 2 N–H and O–H groups in total. The summed E-state index contributed by atoms with van der Waals surface area (Å²) in [6.07, 6.45) is 1.98. The van der Waals surface area contributed by atoms with Crippen molar-refractivity contribution in [2.45, 2.75) is 26.9 Å². The first-order valence-electron chi connectivity index (χ1n) is 7.10. The van der Waals surface area contributed by atoms with Gasteiger partial charge in [-0.25, -0.2) is 0 Å². The number of fused-ring (bicyclic) bond motifs is 1. The lowest BCUT2D eigenvalue weighted by Crippen LogP contribution is -2.23. The third-order valence-electron chi connectivity index (χ3n) is 3.36. The summed E-state index contributed by atoms with van der Waals surface area (Å²) >= 11 is 0. The number of carbonyl (C=O) groups is 1. The average Bonchev–Trinajstić information content (AvgIpc) is 2.82. The number of carbonyl (C=O) groups excluding carboxylic acids is 1. The summed E-state index contributed by atoms with van der Waals surface area (Å²) in [5.74, 6) is 0.665. The minimum absolute atomic E-state index is 0.0193. The zero-order valence-corrected chi connectivity index (χ0v) is 12.4. The fraction of sp³-hybridized carbons (Fsp3) is 0.438. The smallest absolute Gasteiger partial charge is 0.239 e. The number of benzene rings is 1. The Morgan fingerprint density at radius 3 is 2.80 bits per heavy atom. The SMILES string of the molecule is CNC(=O)Cn1ccc2c(CNCC(C)C)cccc21. The number of amides is 1. The van der Waals surface area contributed by atoms with E-state index in [4.69, 9.17) is 0 Å². The molecule has 0 aliphatic carbocycles. The molecule has 4 heteroatoms. The van der Waals surface area contributed by atoms with Crippen LogP contribution in [0.3, 0.4) is 0 Å². The summed E-state index contributed by atoms with van der Waals surface area (Å²) in [6, 6.07) is 8.34. The third-order valence-corrected chi connectivity index (χ3v) is 3.36. The van der Waals surface area contributed by atoms with Gasteiger partial charge in [-0.05, 0) is 30.2 Å². The Kier molecular flexibility index (Phi) is 4.79. The molecule has 0 unspecified atom stereocenters. The highest BCUT2D eigenvalue weighted by atomic mass is 16.1. The van der Waals surface area contributed by atoms with Gasteiger partial charge in [-0.1, -0.05) is 26.0 Å². The number of nitrogens with zero attached hydrogens (tertiary/aromatic N) is 1. The van der Waals surface area contributed by atoms with E-state index in [9.17, 15) is 4.79 Å². The fourth-order valence-corrected chi connectivity index (χ4v) is 2.31. The number of hydrogen-bond acceptors (Lipinski definition) is 2. The molecule has 2 aromatic rings. The van der Waals surface area contributed by atoms with E-state index in [1.54, 1.807) is 7.05 Å². The lowest BCUT2D eigenvalue weighted by atomic mass is 10.1. The second kappa shape index (κ2) is 6.57. The van der Waals surface area contributed by atoms with E-state index in [0.717, 1.165) is 18.6 Å². The van der Waals surface area contributed by atoms with Gasteiger partial charge in [0.05, 0.1) is 0 Å². The van der Waals surface area contributed by atoms with E-state index in [-0.39, 0.29) is 5.91 Å². The van der Waals surface area contributed by atoms with Crippen LogP contribution in [-0.4, -0.2) is 24.1 Å². The predicted molar refractivity (Wildman–Crippen MR) is 82.5 cm³/mol. The maximum absolute atomic E-state index is 11.5. The third kappa shape index (κ3) is 3.39. The van der Waals surface area contributed by atoms with Crippen molar-refractivity contribution in [3.8, 4) is 0 Å². The van der Waals surface area contributed by atoms with E-state index in [2.05, 4.69) is 48.7 Å². The Labute approximate surface area is 120 Å². The molecule has 0 spiro atoms. The van der Waals surface area contributed by atoms with Gasteiger partial charge >= 0.3 is 0 Å². The molecule has 0 saturated heterocycles. The van der Waals surface area contributed by atoms with Crippen molar-refractivity contribution in [3.63, 3.8) is 0 Å². The monoisotopic (exact) mass is 273 g/mol. The van der Waals surface area contributed by atoms with Crippen LogP contribution in [0.2, 0.25) is 0 Å². The first-order valence-corrected chi connectivity index (χ1v) is 7.10. The Hall–Kier alpha value is -1.81. The molecule has 20 heavy (non-hydrogen) atoms. The van der Waals surface area contributed by atoms with Crippen LogP contribution in [0, 0.1) is 5.92 Å². The van der Waals surface area contributed by atoms with Crippen molar-refractivity contribution in [1.29, 1.82) is 0 Å². The summed E-state index contributed by atoms with van der Waals surface area (Å²) < 4.78 is 1.99. The molecule has 0 saturated carbocycles. The maximum atomic E-state index is 11.5. The lowest BCUT2D eigenvalue weighted by Gasteiger charge is -2.09. The summed E-state index contributed by atoms with van der Waals surface area (Å²) in [5.41, 5.74) is 2.39. The highest BCUT2D eigenvalue weighted by Gasteiger charge is 2.07. The molecular weight excluding hydrogens is 250 g/mol. The van der Waals surface area contributed by atoms with Crippen LogP contribution in [0.15, 0.2) is 30.5 Å². The molecule has 1 amide bonds. The van der Waals surface area contributed by atoms with Crippen molar-refractivity contribution >= 4 is 16.8 Å². The molecule has 0 fully saturated rings. The van der Waals surface area contributed by atoms with Gasteiger partial charge in [-0.2, -0.15) is 0 Å². The highest BCUT2D eigenvalue weighted by molar-refractivity contribution is 5.85. The van der Waals surface area contributed by atoms with Gasteiger partial charge < -0.3 is 15.2 Å². The van der Waals surface area contributed by atoms with Crippen LogP contribution in [0.1, 0.15) is 19.4 Å². The van der Waals surface area contributed by atoms with Crippen LogP contribution in [0.25, 0.3) is 10.9 Å². The number of likely N-dealkylation sites (N-methyl/N-ethyl adjacent to an activating group) is 1. The topological polar surface area (TPSA) is 46.1 Å². The summed E-state index contributed by atoms with van der Waals surface area (Å²) in [4.78, 5) is 11.5. The van der Waals surface area contributed by atoms with Gasteiger partial charge in [0.1, 0.15) is 6.54 Å². The first kappa shape index (κ1) is 14.6. The molecule has 1 aromatic heterocycles. The number of rotatable bonds is 6. The molecule has 2 rings (SSSR count). The van der Waals surface area contributed by atoms with E-state index in [0.29, 0.717) is 12.5 Å². The fourth-order valence-electron chi connectivity index (χ4n) is 2.31. The highest BCUT2D eigenvalue weighted by Crippen LogP contribution is 2.20. The summed E-state index contributed by atoms with van der Waals surface area (Å²) in [6.45, 7) is 6.64. The number of hydrogen-bond donors (Lipinski definition) is 2. The minimum atomic E-state index is 0.0193. The van der Waals surface area contributed by atoms with Gasteiger partial charge in [-0.3, -0.25) is 4.79 Å². The Morgan fingerprint density at radius 2 is 2.10 bits per heavy atom. The Balaban J connectivity index is 2.19. The predicted octanol–water partition coefficient (Wildman–Crippen LogP) is 2.13. The minimum Gasteiger partial charge on any atom is -0.358 e. The van der Waals surface area contributed by atoms with Crippen molar-refractivity contribution in [2.75, 3.05) is 13.6 Å². The zero-order chi connectivity index (χ0) is 14.5. The normalized spacial score (nSPS) is 11.2. The Bertz CT molecular complexity index is 586. The van der Waals surface area contributed by atoms with Crippen LogP contribution < -0.4 is 10.6 Å². The van der Waals surface area contributed by atoms with Gasteiger partial charge in [0.2, 0.25) is 5.91 Å². The molecule has 0 aliphatic rings. The van der Waals surface area contributed by atoms with Crippen LogP contribution in [0.4, 0.5) is 0 Å². The lowest BCUT2D eigenvalue weighted by molar-refractivity contribution is -0.121. The standard InChI is InChI=1S/C16H23N3O/c1-12(2)9-18-10-13-5-4-6-15-14(13)7-8-19(15)11-16(20)17-3/h4-8,12,18H,9-11H2,1-3H3,(H,17,20). The second-order valence-electron chi connectivity index (χ2n) is 5.49. The molecular formula is C16H23N3O. The summed E-state index contributed by atoms with van der Waals surface area (Å²) in [7, 11) is 1.66. The zero-order valence-electron chi connectivity index (χ0n) is 12.4. The van der Waals surface area contributed by atoms with E-state index in [1.165, 1.54) is 10.9 Å². The van der Waals surface area contributed by atoms with Crippen molar-refractivity contribution < 1.29 is 4.79 Å². The number of aromatic nitrogens is 1. The summed E-state index contributed by atoms with van der Waals surface area (Å²) in [5, 5.41) is 7.34. The van der Waals surface area contributed by atoms with Gasteiger partial charge in [0, 0.05) is 30.7 Å². The first-order chi connectivity index (χ1) is 9.61. The molecule has 1 aromatic carbocycles. The molecule has 0 aliphatic heterocycles. The molecule has 108 valence electrons. The second-order valence-corrected chi connectivity index (χ2v) is 5.49. The van der Waals surface area contributed by atoms with Crippen LogP contribution in [0.5, 0.6) is 0 Å². The van der Waals surface area contributed by atoms with Crippen molar-refractivity contribution in [1.82, 2.24) is 15.2 Å². The molecule has 0 atom stereocenters.